The molecule has 0 saturated carbocycles. The third-order valence-electron chi connectivity index (χ3n) is 4.05. The summed E-state index contributed by atoms with van der Waals surface area (Å²) in [5, 5.41) is 11.2. The SMILES string of the molecule is Cc1cc2c(n1-c1ccc(Cl)c([N+](=O)[O-])c1)C[C@@H](C)CC2=O. The van der Waals surface area contributed by atoms with Crippen molar-refractivity contribution in [3.8, 4) is 5.69 Å². The van der Waals surface area contributed by atoms with Crippen LogP contribution in [-0.4, -0.2) is 15.3 Å². The summed E-state index contributed by atoms with van der Waals surface area (Å²) in [6.45, 7) is 3.94. The number of aromatic nitrogens is 1. The van der Waals surface area contributed by atoms with Crippen LogP contribution in [0.4, 0.5) is 5.69 Å². The summed E-state index contributed by atoms with van der Waals surface area (Å²) in [6, 6.07) is 6.59. The van der Waals surface area contributed by atoms with Crippen LogP contribution in [-0.2, 0) is 6.42 Å². The van der Waals surface area contributed by atoms with E-state index in [9.17, 15) is 14.9 Å². The zero-order valence-electron chi connectivity index (χ0n) is 12.3. The molecule has 1 heterocycles. The van der Waals surface area contributed by atoms with Gasteiger partial charge >= 0.3 is 0 Å². The molecule has 0 saturated heterocycles. The minimum absolute atomic E-state index is 0.108. The largest absolute Gasteiger partial charge is 0.317 e. The van der Waals surface area contributed by atoms with Gasteiger partial charge < -0.3 is 4.57 Å². The van der Waals surface area contributed by atoms with Crippen molar-refractivity contribution < 1.29 is 9.72 Å². The number of carbonyl (C=O) groups is 1. The smallest absolute Gasteiger partial charge is 0.289 e. The van der Waals surface area contributed by atoms with Crippen LogP contribution in [0.2, 0.25) is 5.02 Å². The van der Waals surface area contributed by atoms with E-state index in [1.54, 1.807) is 6.07 Å². The summed E-state index contributed by atoms with van der Waals surface area (Å²) < 4.78 is 1.92. The molecule has 1 aliphatic carbocycles. The molecule has 1 aromatic heterocycles. The van der Waals surface area contributed by atoms with Gasteiger partial charge in [0.1, 0.15) is 5.02 Å². The van der Waals surface area contributed by atoms with Gasteiger partial charge in [-0.25, -0.2) is 0 Å². The maximum absolute atomic E-state index is 12.2. The lowest BCUT2D eigenvalue weighted by atomic mass is 9.88. The van der Waals surface area contributed by atoms with Gasteiger partial charge in [0.25, 0.3) is 5.69 Å². The summed E-state index contributed by atoms with van der Waals surface area (Å²) in [4.78, 5) is 22.8. The van der Waals surface area contributed by atoms with Crippen LogP contribution in [0.3, 0.4) is 0 Å². The number of fused-ring (bicyclic) bond motifs is 1. The molecule has 114 valence electrons. The summed E-state index contributed by atoms with van der Waals surface area (Å²) in [5.41, 5.74) is 3.09. The van der Waals surface area contributed by atoms with Crippen molar-refractivity contribution >= 4 is 23.1 Å². The van der Waals surface area contributed by atoms with E-state index < -0.39 is 4.92 Å². The Morgan fingerprint density at radius 3 is 2.73 bits per heavy atom. The highest BCUT2D eigenvalue weighted by molar-refractivity contribution is 6.32. The lowest BCUT2D eigenvalue weighted by molar-refractivity contribution is -0.384. The first-order valence-electron chi connectivity index (χ1n) is 7.07. The number of benzene rings is 1. The van der Waals surface area contributed by atoms with Gasteiger partial charge in [-0.3, -0.25) is 14.9 Å². The number of aryl methyl sites for hydroxylation is 1. The fraction of sp³-hybridized carbons (Fsp3) is 0.312. The molecule has 0 spiro atoms. The molecular formula is C16H15ClN2O3. The molecule has 0 amide bonds. The minimum atomic E-state index is -0.495. The van der Waals surface area contributed by atoms with E-state index in [1.165, 1.54) is 12.1 Å². The summed E-state index contributed by atoms with van der Waals surface area (Å²) in [6.07, 6.45) is 1.34. The molecule has 2 aromatic rings. The lowest BCUT2D eigenvalue weighted by Crippen LogP contribution is -2.19. The number of nitro benzene ring substituents is 1. The monoisotopic (exact) mass is 318 g/mol. The topological polar surface area (TPSA) is 65.1 Å². The number of rotatable bonds is 2. The first kappa shape index (κ1) is 14.8. The van der Waals surface area contributed by atoms with Gasteiger partial charge in [-0.05, 0) is 37.5 Å². The standard InChI is InChI=1S/C16H15ClN2O3/c1-9-5-14-12(16(20)6-9)7-10(2)18(14)11-3-4-13(17)15(8-11)19(21)22/h3-4,7-9H,5-6H2,1-2H3/t9-/m1/s1. The molecule has 1 atom stereocenters. The second-order valence-corrected chi connectivity index (χ2v) is 6.22. The van der Waals surface area contributed by atoms with Crippen LogP contribution in [0, 0.1) is 23.0 Å². The minimum Gasteiger partial charge on any atom is -0.317 e. The Kier molecular flexibility index (Phi) is 3.53. The highest BCUT2D eigenvalue weighted by atomic mass is 35.5. The average Bonchev–Trinajstić information content (AvgIpc) is 2.76. The van der Waals surface area contributed by atoms with Crippen LogP contribution < -0.4 is 0 Å². The number of hydrogen-bond acceptors (Lipinski definition) is 3. The fourth-order valence-corrected chi connectivity index (χ4v) is 3.29. The number of Topliss-reactive ketones (excluding diaryl/α,β-unsaturated/α-hetero) is 1. The quantitative estimate of drug-likeness (QED) is 0.618. The Bertz CT molecular complexity index is 795. The van der Waals surface area contributed by atoms with Crippen molar-refractivity contribution in [3.05, 3.63) is 56.4 Å². The zero-order valence-corrected chi connectivity index (χ0v) is 13.1. The Morgan fingerprint density at radius 1 is 1.32 bits per heavy atom. The number of halogens is 1. The van der Waals surface area contributed by atoms with Crippen molar-refractivity contribution in [2.24, 2.45) is 5.92 Å². The summed E-state index contributed by atoms with van der Waals surface area (Å²) in [5.74, 6) is 0.411. The molecule has 1 aromatic carbocycles. The lowest BCUT2D eigenvalue weighted by Gasteiger charge is -2.20. The molecule has 0 bridgehead atoms. The molecule has 6 heteroatoms. The Labute approximate surface area is 132 Å². The van der Waals surface area contributed by atoms with E-state index in [4.69, 9.17) is 11.6 Å². The molecule has 0 aliphatic heterocycles. The second kappa shape index (κ2) is 5.25. The molecule has 22 heavy (non-hydrogen) atoms. The van der Waals surface area contributed by atoms with Gasteiger partial charge in [0.2, 0.25) is 0 Å². The second-order valence-electron chi connectivity index (χ2n) is 5.81. The highest BCUT2D eigenvalue weighted by Gasteiger charge is 2.27. The van der Waals surface area contributed by atoms with E-state index in [0.29, 0.717) is 12.1 Å². The predicted octanol–water partition coefficient (Wildman–Crippen LogP) is 4.11. The maximum atomic E-state index is 12.2. The molecule has 3 rings (SSSR count). The van der Waals surface area contributed by atoms with Crippen LogP contribution >= 0.6 is 11.6 Å². The third kappa shape index (κ3) is 2.31. The molecule has 0 unspecified atom stereocenters. The highest BCUT2D eigenvalue weighted by Crippen LogP contribution is 2.33. The van der Waals surface area contributed by atoms with E-state index >= 15 is 0 Å². The normalized spacial score (nSPS) is 17.4. The van der Waals surface area contributed by atoms with Gasteiger partial charge in [0.05, 0.1) is 10.6 Å². The molecular weight excluding hydrogens is 304 g/mol. The molecule has 1 aliphatic rings. The number of ketones is 1. The van der Waals surface area contributed by atoms with Crippen LogP contribution in [0.25, 0.3) is 5.69 Å². The first-order valence-corrected chi connectivity index (χ1v) is 7.45. The zero-order chi connectivity index (χ0) is 16.0. The number of nitrogens with zero attached hydrogens (tertiary/aromatic N) is 2. The Hall–Kier alpha value is -2.14. The number of carbonyl (C=O) groups excluding carboxylic acids is 1. The van der Waals surface area contributed by atoms with Crippen LogP contribution in [0.5, 0.6) is 0 Å². The van der Waals surface area contributed by atoms with Crippen molar-refractivity contribution in [2.75, 3.05) is 0 Å². The first-order chi connectivity index (χ1) is 10.4. The Morgan fingerprint density at radius 2 is 2.05 bits per heavy atom. The van der Waals surface area contributed by atoms with Gasteiger partial charge in [-0.1, -0.05) is 18.5 Å². The molecule has 0 radical (unpaired) electrons. The van der Waals surface area contributed by atoms with Crippen LogP contribution in [0.15, 0.2) is 24.3 Å². The van der Waals surface area contributed by atoms with Crippen molar-refractivity contribution in [1.82, 2.24) is 4.57 Å². The van der Waals surface area contributed by atoms with Gasteiger partial charge in [0.15, 0.2) is 5.78 Å². The van der Waals surface area contributed by atoms with E-state index in [0.717, 1.165) is 23.4 Å². The van der Waals surface area contributed by atoms with Crippen molar-refractivity contribution in [2.45, 2.75) is 26.7 Å². The number of hydrogen-bond donors (Lipinski definition) is 0. The van der Waals surface area contributed by atoms with Crippen molar-refractivity contribution in [1.29, 1.82) is 0 Å². The van der Waals surface area contributed by atoms with Gasteiger partial charge in [0, 0.05) is 29.4 Å². The van der Waals surface area contributed by atoms with E-state index in [-0.39, 0.29) is 22.4 Å². The maximum Gasteiger partial charge on any atom is 0.289 e. The third-order valence-corrected chi connectivity index (χ3v) is 4.37. The molecule has 0 fully saturated rings. The molecule has 0 N–H and O–H groups in total. The van der Waals surface area contributed by atoms with Gasteiger partial charge in [-0.2, -0.15) is 0 Å². The molecule has 5 nitrogen and oxygen atoms in total. The predicted molar refractivity (Wildman–Crippen MR) is 84.0 cm³/mol. The summed E-state index contributed by atoms with van der Waals surface area (Å²) >= 11 is 5.88. The van der Waals surface area contributed by atoms with E-state index in [2.05, 4.69) is 0 Å². The van der Waals surface area contributed by atoms with Crippen LogP contribution in [0.1, 0.15) is 35.1 Å². The van der Waals surface area contributed by atoms with Crippen molar-refractivity contribution in [3.63, 3.8) is 0 Å². The number of nitro groups is 1. The van der Waals surface area contributed by atoms with E-state index in [1.807, 2.05) is 24.5 Å². The Balaban J connectivity index is 2.20. The summed E-state index contributed by atoms with van der Waals surface area (Å²) in [7, 11) is 0. The van der Waals surface area contributed by atoms with Gasteiger partial charge in [-0.15, -0.1) is 0 Å². The fourth-order valence-electron chi connectivity index (χ4n) is 3.10. The average molecular weight is 319 g/mol.